The van der Waals surface area contributed by atoms with Gasteiger partial charge in [0.25, 0.3) is 0 Å². The van der Waals surface area contributed by atoms with Crippen LogP contribution in [0.15, 0.2) is 94.9 Å². The first-order valence-electron chi connectivity index (χ1n) is 23.3. The van der Waals surface area contributed by atoms with Gasteiger partial charge in [0.05, 0.1) is 0 Å². The molecule has 2 aliphatic heterocycles. The fraction of sp³-hybridized carbons (Fsp3) is 0.560. The molecule has 2 heterocycles. The van der Waals surface area contributed by atoms with E-state index >= 15 is 0 Å². The predicted molar refractivity (Wildman–Crippen MR) is 267 cm³/mol. The van der Waals surface area contributed by atoms with Crippen molar-refractivity contribution in [3.8, 4) is 0 Å². The zero-order valence-electron chi connectivity index (χ0n) is 36.9. The average molecular weight is 896 g/mol. The van der Waals surface area contributed by atoms with Crippen molar-refractivity contribution in [2.24, 2.45) is 9.98 Å². The topological polar surface area (TPSA) is 55.3 Å². The monoisotopic (exact) mass is 896 g/mol. The summed E-state index contributed by atoms with van der Waals surface area (Å²) >= 11 is 0. The number of benzene rings is 4. The Kier molecular flexibility index (Phi) is 19.4. The molecule has 0 spiro atoms. The Hall–Kier alpha value is -2.50. The molecule has 9 heteroatoms. The number of nitrogens with zero attached hydrogens (tertiary/aromatic N) is 4. The van der Waals surface area contributed by atoms with E-state index in [9.17, 15) is 0 Å². The molecule has 59 heavy (non-hydrogen) atoms. The van der Waals surface area contributed by atoms with E-state index in [-0.39, 0.29) is 0 Å². The molecular weight excluding hydrogens is 821 g/mol. The number of aliphatic imine (C=N–C) groups is 2. The molecular formula is C50H74GeN6S2. The molecule has 0 saturated heterocycles. The van der Waals surface area contributed by atoms with E-state index in [1.807, 2.05) is 0 Å². The SMILES string of the molecule is CCCCC[CH2][Ge]([CH2]CCCCC)([S]CCNCCN1CCN=C1C(C)c1cccc2ccccc12)[S]CCNCCN1CCN=C1C(C)c1cccc2ccccc12. The van der Waals surface area contributed by atoms with Crippen LogP contribution in [0.3, 0.4) is 0 Å². The number of rotatable bonds is 28. The Balaban J connectivity index is 0.967. The zero-order valence-corrected chi connectivity index (χ0v) is 40.6. The van der Waals surface area contributed by atoms with Gasteiger partial charge >= 0.3 is 321 Å². The number of hydrogen-bond donors (Lipinski definition) is 2. The Morgan fingerprint density at radius 2 is 1.00 bits per heavy atom. The van der Waals surface area contributed by atoms with Crippen LogP contribution in [0.2, 0.25) is 10.5 Å². The van der Waals surface area contributed by atoms with Crippen molar-refractivity contribution >= 4 is 64.4 Å². The van der Waals surface area contributed by atoms with Crippen molar-refractivity contribution in [1.29, 1.82) is 0 Å². The summed E-state index contributed by atoms with van der Waals surface area (Å²) < 4.78 is 0. The van der Waals surface area contributed by atoms with Crippen LogP contribution in [0.25, 0.3) is 21.5 Å². The maximum atomic E-state index is 5.03. The van der Waals surface area contributed by atoms with E-state index in [4.69, 9.17) is 9.98 Å². The molecule has 2 unspecified atom stereocenters. The average Bonchev–Trinajstić information content (AvgIpc) is 3.95. The molecule has 6 rings (SSSR count). The summed E-state index contributed by atoms with van der Waals surface area (Å²) in [6.45, 7) is 19.6. The van der Waals surface area contributed by atoms with Gasteiger partial charge < -0.3 is 0 Å². The molecule has 6 nitrogen and oxygen atoms in total. The third-order valence-electron chi connectivity index (χ3n) is 12.5. The van der Waals surface area contributed by atoms with Crippen LogP contribution in [0.4, 0.5) is 0 Å². The normalized spacial score (nSPS) is 15.7. The Labute approximate surface area is 367 Å². The van der Waals surface area contributed by atoms with Gasteiger partial charge in [0.1, 0.15) is 0 Å². The molecule has 0 amide bonds. The second kappa shape index (κ2) is 24.8. The van der Waals surface area contributed by atoms with Crippen LogP contribution in [0, 0.1) is 0 Å². The van der Waals surface area contributed by atoms with Crippen molar-refractivity contribution in [2.75, 3.05) is 77.0 Å². The Morgan fingerprint density at radius 1 is 0.559 bits per heavy atom. The second-order valence-corrected chi connectivity index (χ2v) is 37.2. The predicted octanol–water partition coefficient (Wildman–Crippen LogP) is 11.6. The van der Waals surface area contributed by atoms with E-state index < -0.39 is 11.0 Å². The first-order valence-corrected chi connectivity index (χ1v) is 33.3. The molecule has 0 bridgehead atoms. The zero-order chi connectivity index (χ0) is 41.1. The summed E-state index contributed by atoms with van der Waals surface area (Å²) in [6.07, 6.45) is 11.1. The molecule has 0 aromatic heterocycles. The van der Waals surface area contributed by atoms with Gasteiger partial charge in [-0.25, -0.2) is 0 Å². The third-order valence-corrected chi connectivity index (χ3v) is 36.2. The van der Waals surface area contributed by atoms with Gasteiger partial charge in [0.15, 0.2) is 0 Å². The van der Waals surface area contributed by atoms with E-state index in [0.29, 0.717) is 11.8 Å². The van der Waals surface area contributed by atoms with Crippen LogP contribution >= 0.6 is 20.2 Å². The minimum absolute atomic E-state index is 0.302. The molecule has 2 atom stereocenters. The van der Waals surface area contributed by atoms with Gasteiger partial charge in [-0.05, 0) is 0 Å². The van der Waals surface area contributed by atoms with Crippen molar-refractivity contribution < 1.29 is 0 Å². The van der Waals surface area contributed by atoms with Gasteiger partial charge in [-0.2, -0.15) is 0 Å². The summed E-state index contributed by atoms with van der Waals surface area (Å²) in [6, 6.07) is 31.0. The number of nitrogens with one attached hydrogen (secondary N) is 2. The van der Waals surface area contributed by atoms with Crippen LogP contribution in [-0.2, 0) is 0 Å². The second-order valence-electron chi connectivity index (χ2n) is 16.8. The minimum atomic E-state index is -2.19. The molecule has 0 saturated carbocycles. The summed E-state index contributed by atoms with van der Waals surface area (Å²) in [4.78, 5) is 15.1. The number of hydrogen-bond acceptors (Lipinski definition) is 8. The quantitative estimate of drug-likeness (QED) is 0.0438. The first kappa shape index (κ1) is 46.0. The van der Waals surface area contributed by atoms with E-state index in [1.54, 1.807) is 0 Å². The van der Waals surface area contributed by atoms with Gasteiger partial charge in [-0.15, -0.1) is 0 Å². The van der Waals surface area contributed by atoms with Crippen molar-refractivity contribution in [3.05, 3.63) is 96.1 Å². The van der Waals surface area contributed by atoms with Gasteiger partial charge in [0.2, 0.25) is 0 Å². The summed E-state index contributed by atoms with van der Waals surface area (Å²) in [5, 5.41) is 16.1. The summed E-state index contributed by atoms with van der Waals surface area (Å²) in [5.74, 6) is 5.63. The van der Waals surface area contributed by atoms with Gasteiger partial charge in [-0.1, -0.05) is 48.5 Å². The Morgan fingerprint density at radius 3 is 1.46 bits per heavy atom. The first-order chi connectivity index (χ1) is 29.0. The summed E-state index contributed by atoms with van der Waals surface area (Å²) in [5.41, 5.74) is 2.79. The van der Waals surface area contributed by atoms with E-state index in [1.165, 1.54) is 118 Å². The molecule has 4 aromatic carbocycles. The van der Waals surface area contributed by atoms with Crippen LogP contribution < -0.4 is 10.6 Å². The molecule has 0 fully saturated rings. The van der Waals surface area contributed by atoms with Crippen molar-refractivity contribution in [1.82, 2.24) is 20.4 Å². The molecule has 2 aliphatic rings. The molecule has 320 valence electrons. The number of fused-ring (bicyclic) bond motifs is 2. The van der Waals surface area contributed by atoms with Crippen LogP contribution in [0.1, 0.15) is 102 Å². The summed E-state index contributed by atoms with van der Waals surface area (Å²) in [7, 11) is 2.72. The standard InChI is InChI=1S/C50H74GeN6S2/c1-5-7-9-15-27-51(28-16-10-8-6-2,58-39-33-52-29-35-56-37-31-54-49(56)41(3)45-25-17-21-43-19-11-13-23-47(43)45)59-40-34-53-30-36-57-38-32-55-50(57)42(4)46-26-18-22-44-20-12-14-24-48(44)46/h11-14,17-26,41-42,52-53H,5-10,15-16,27-40H2,1-4H3. The van der Waals surface area contributed by atoms with Crippen LogP contribution in [0.5, 0.6) is 0 Å². The maximum absolute atomic E-state index is 5.03. The molecule has 0 aliphatic carbocycles. The number of amidine groups is 2. The fourth-order valence-corrected chi connectivity index (χ4v) is 32.0. The van der Waals surface area contributed by atoms with Gasteiger partial charge in [0, 0.05) is 0 Å². The van der Waals surface area contributed by atoms with Crippen molar-refractivity contribution in [3.63, 3.8) is 0 Å². The third kappa shape index (κ3) is 13.3. The van der Waals surface area contributed by atoms with E-state index in [2.05, 4.69) is 153 Å². The fourth-order valence-electron chi connectivity index (χ4n) is 9.20. The van der Waals surface area contributed by atoms with E-state index in [0.717, 1.165) is 65.4 Å². The molecule has 2 N–H and O–H groups in total. The Bertz CT molecular complexity index is 1770. The molecule has 4 aromatic rings. The van der Waals surface area contributed by atoms with Crippen molar-refractivity contribution in [2.45, 2.75) is 101 Å². The number of unbranched alkanes of at least 4 members (excludes halogenated alkanes) is 6. The molecule has 0 radical (unpaired) electrons. The van der Waals surface area contributed by atoms with Crippen LogP contribution in [-0.4, -0.2) is 109 Å². The van der Waals surface area contributed by atoms with Gasteiger partial charge in [-0.3, -0.25) is 0 Å².